The van der Waals surface area contributed by atoms with Gasteiger partial charge in [0.05, 0.1) is 7.11 Å². The Kier molecular flexibility index (Phi) is 5.52. The lowest BCUT2D eigenvalue weighted by Crippen LogP contribution is -2.35. The van der Waals surface area contributed by atoms with Crippen LogP contribution in [0.25, 0.3) is 0 Å². The highest BCUT2D eigenvalue weighted by Gasteiger charge is 2.20. The number of rotatable bonds is 7. The minimum Gasteiger partial charge on any atom is -0.493 e. The van der Waals surface area contributed by atoms with Crippen LogP contribution in [0.4, 0.5) is 0 Å². The molecule has 1 fully saturated rings. The minimum absolute atomic E-state index is 0.601. The molecule has 1 atom stereocenters. The first kappa shape index (κ1) is 14.2. The summed E-state index contributed by atoms with van der Waals surface area (Å²) in [5.41, 5.74) is 0. The second-order valence-electron chi connectivity index (χ2n) is 5.29. The lowest BCUT2D eigenvalue weighted by atomic mass is 10.00. The fourth-order valence-electron chi connectivity index (χ4n) is 2.81. The number of ether oxygens (including phenoxy) is 2. The molecule has 0 spiro atoms. The molecule has 19 heavy (non-hydrogen) atoms. The Morgan fingerprint density at radius 1 is 1.21 bits per heavy atom. The maximum absolute atomic E-state index is 5.75. The quantitative estimate of drug-likeness (QED) is 0.766. The van der Waals surface area contributed by atoms with Crippen LogP contribution in [0.3, 0.4) is 0 Å². The van der Waals surface area contributed by atoms with Gasteiger partial charge in [0, 0.05) is 12.6 Å². The first-order valence-corrected chi connectivity index (χ1v) is 7.30. The fourth-order valence-corrected chi connectivity index (χ4v) is 2.81. The van der Waals surface area contributed by atoms with E-state index in [9.17, 15) is 0 Å². The normalized spacial score (nSPS) is 17.4. The summed E-state index contributed by atoms with van der Waals surface area (Å²) in [6, 6.07) is 8.38. The number of hydrogen-bond donors (Lipinski definition) is 1. The molecule has 3 nitrogen and oxygen atoms in total. The Morgan fingerprint density at radius 3 is 2.58 bits per heavy atom. The summed E-state index contributed by atoms with van der Waals surface area (Å²) in [5, 5.41) is 3.57. The lowest BCUT2D eigenvalue weighted by molar-refractivity contribution is 0.276. The largest absolute Gasteiger partial charge is 0.493 e. The zero-order valence-corrected chi connectivity index (χ0v) is 12.0. The van der Waals surface area contributed by atoms with Crippen LogP contribution in [0.1, 0.15) is 32.6 Å². The summed E-state index contributed by atoms with van der Waals surface area (Å²) >= 11 is 0. The third-order valence-electron chi connectivity index (χ3n) is 4.00. The molecule has 0 saturated heterocycles. The zero-order chi connectivity index (χ0) is 13.5. The van der Waals surface area contributed by atoms with Gasteiger partial charge in [-0.2, -0.15) is 0 Å². The van der Waals surface area contributed by atoms with Crippen LogP contribution in [0.5, 0.6) is 11.5 Å². The van der Waals surface area contributed by atoms with E-state index >= 15 is 0 Å². The van der Waals surface area contributed by atoms with Gasteiger partial charge in [0.1, 0.15) is 6.61 Å². The van der Waals surface area contributed by atoms with Crippen LogP contribution in [0.15, 0.2) is 24.3 Å². The molecule has 0 aromatic heterocycles. The Labute approximate surface area is 116 Å². The third-order valence-corrected chi connectivity index (χ3v) is 4.00. The van der Waals surface area contributed by atoms with Crippen molar-refractivity contribution in [3.8, 4) is 11.5 Å². The van der Waals surface area contributed by atoms with Crippen molar-refractivity contribution >= 4 is 0 Å². The van der Waals surface area contributed by atoms with E-state index in [1.54, 1.807) is 7.11 Å². The van der Waals surface area contributed by atoms with Gasteiger partial charge in [-0.15, -0.1) is 0 Å². The van der Waals surface area contributed by atoms with E-state index in [1.165, 1.54) is 25.7 Å². The SMILES string of the molecule is COc1ccccc1OCCNC(C)C1CCCC1. The van der Waals surface area contributed by atoms with E-state index < -0.39 is 0 Å². The van der Waals surface area contributed by atoms with E-state index in [4.69, 9.17) is 9.47 Å². The Balaban J connectivity index is 1.68. The average Bonchev–Trinajstić information content (AvgIpc) is 2.98. The molecule has 1 aliphatic rings. The van der Waals surface area contributed by atoms with Gasteiger partial charge in [0.15, 0.2) is 11.5 Å². The Hall–Kier alpha value is -1.22. The molecule has 2 rings (SSSR count). The number of methoxy groups -OCH3 is 1. The molecule has 3 heteroatoms. The summed E-state index contributed by atoms with van der Waals surface area (Å²) in [6.45, 7) is 3.85. The third kappa shape index (κ3) is 4.13. The van der Waals surface area contributed by atoms with Crippen LogP contribution >= 0.6 is 0 Å². The van der Waals surface area contributed by atoms with Crippen molar-refractivity contribution in [3.05, 3.63) is 24.3 Å². The molecule has 1 aromatic rings. The molecular formula is C16H25NO2. The highest BCUT2D eigenvalue weighted by Crippen LogP contribution is 2.27. The van der Waals surface area contributed by atoms with Crippen LogP contribution in [-0.2, 0) is 0 Å². The molecule has 0 heterocycles. The maximum Gasteiger partial charge on any atom is 0.161 e. The van der Waals surface area contributed by atoms with Crippen LogP contribution in [-0.4, -0.2) is 26.3 Å². The van der Waals surface area contributed by atoms with Crippen molar-refractivity contribution in [2.24, 2.45) is 5.92 Å². The van der Waals surface area contributed by atoms with E-state index in [0.29, 0.717) is 12.6 Å². The highest BCUT2D eigenvalue weighted by molar-refractivity contribution is 5.39. The van der Waals surface area contributed by atoms with Crippen molar-refractivity contribution < 1.29 is 9.47 Å². The molecule has 0 bridgehead atoms. The predicted molar refractivity (Wildman–Crippen MR) is 77.9 cm³/mol. The van der Waals surface area contributed by atoms with Crippen molar-refractivity contribution in [3.63, 3.8) is 0 Å². The van der Waals surface area contributed by atoms with Crippen LogP contribution < -0.4 is 14.8 Å². The van der Waals surface area contributed by atoms with Gasteiger partial charge in [0.25, 0.3) is 0 Å². The number of benzene rings is 1. The molecule has 0 aliphatic heterocycles. The molecule has 1 aliphatic carbocycles. The van der Waals surface area contributed by atoms with E-state index in [2.05, 4.69) is 12.2 Å². The van der Waals surface area contributed by atoms with E-state index in [0.717, 1.165) is 24.0 Å². The topological polar surface area (TPSA) is 30.5 Å². The fraction of sp³-hybridized carbons (Fsp3) is 0.625. The minimum atomic E-state index is 0.601. The summed E-state index contributed by atoms with van der Waals surface area (Å²) < 4.78 is 11.0. The van der Waals surface area contributed by atoms with Gasteiger partial charge in [-0.05, 0) is 37.8 Å². The first-order chi connectivity index (χ1) is 9.31. The number of hydrogen-bond acceptors (Lipinski definition) is 3. The van der Waals surface area contributed by atoms with Gasteiger partial charge in [-0.3, -0.25) is 0 Å². The second kappa shape index (κ2) is 7.39. The summed E-state index contributed by atoms with van der Waals surface area (Å²) in [7, 11) is 1.67. The Bertz CT molecular complexity index is 375. The van der Waals surface area contributed by atoms with Gasteiger partial charge in [-0.1, -0.05) is 25.0 Å². The molecule has 1 aromatic carbocycles. The lowest BCUT2D eigenvalue weighted by Gasteiger charge is -2.20. The number of para-hydroxylation sites is 2. The van der Waals surface area contributed by atoms with Crippen LogP contribution in [0.2, 0.25) is 0 Å². The molecular weight excluding hydrogens is 238 g/mol. The second-order valence-corrected chi connectivity index (χ2v) is 5.29. The van der Waals surface area contributed by atoms with Crippen molar-refractivity contribution in [2.45, 2.75) is 38.6 Å². The highest BCUT2D eigenvalue weighted by atomic mass is 16.5. The smallest absolute Gasteiger partial charge is 0.161 e. The number of nitrogens with one attached hydrogen (secondary N) is 1. The summed E-state index contributed by atoms with van der Waals surface area (Å²) in [6.07, 6.45) is 5.55. The molecule has 1 N–H and O–H groups in total. The zero-order valence-electron chi connectivity index (χ0n) is 12.0. The standard InChI is InChI=1S/C16H25NO2/c1-13(14-7-3-4-8-14)17-11-12-19-16-10-6-5-9-15(16)18-2/h5-6,9-10,13-14,17H,3-4,7-8,11-12H2,1-2H3. The van der Waals surface area contributed by atoms with Crippen LogP contribution in [0, 0.1) is 5.92 Å². The van der Waals surface area contributed by atoms with Gasteiger partial charge >= 0.3 is 0 Å². The van der Waals surface area contributed by atoms with Gasteiger partial charge < -0.3 is 14.8 Å². The summed E-state index contributed by atoms with van der Waals surface area (Å²) in [5.74, 6) is 2.47. The maximum atomic E-state index is 5.75. The molecule has 1 unspecified atom stereocenters. The van der Waals surface area contributed by atoms with Crippen molar-refractivity contribution in [1.29, 1.82) is 0 Å². The first-order valence-electron chi connectivity index (χ1n) is 7.30. The van der Waals surface area contributed by atoms with E-state index in [1.807, 2.05) is 24.3 Å². The van der Waals surface area contributed by atoms with Gasteiger partial charge in [-0.25, -0.2) is 0 Å². The molecule has 106 valence electrons. The van der Waals surface area contributed by atoms with Gasteiger partial charge in [0.2, 0.25) is 0 Å². The van der Waals surface area contributed by atoms with Crippen molar-refractivity contribution in [2.75, 3.05) is 20.3 Å². The molecule has 1 saturated carbocycles. The molecule has 0 radical (unpaired) electrons. The van der Waals surface area contributed by atoms with E-state index in [-0.39, 0.29) is 0 Å². The monoisotopic (exact) mass is 263 g/mol. The summed E-state index contributed by atoms with van der Waals surface area (Å²) in [4.78, 5) is 0. The predicted octanol–water partition coefficient (Wildman–Crippen LogP) is 3.24. The van der Waals surface area contributed by atoms with Crippen molar-refractivity contribution in [1.82, 2.24) is 5.32 Å². The average molecular weight is 263 g/mol. The Morgan fingerprint density at radius 2 is 1.89 bits per heavy atom. The molecule has 0 amide bonds.